The first kappa shape index (κ1) is 20.2. The van der Waals surface area contributed by atoms with Crippen molar-refractivity contribution in [3.63, 3.8) is 0 Å². The number of ether oxygens (including phenoxy) is 1. The summed E-state index contributed by atoms with van der Waals surface area (Å²) >= 11 is 0. The zero-order valence-electron chi connectivity index (χ0n) is 18.3. The Kier molecular flexibility index (Phi) is 5.50. The van der Waals surface area contributed by atoms with Crippen molar-refractivity contribution in [2.45, 2.75) is 44.7 Å². The van der Waals surface area contributed by atoms with Gasteiger partial charge in [0.25, 0.3) is 0 Å². The van der Waals surface area contributed by atoms with Gasteiger partial charge in [-0.05, 0) is 50.3 Å². The van der Waals surface area contributed by atoms with Gasteiger partial charge in [-0.3, -0.25) is 0 Å². The van der Waals surface area contributed by atoms with Gasteiger partial charge in [-0.25, -0.2) is 15.0 Å². The number of pyridine rings is 1. The summed E-state index contributed by atoms with van der Waals surface area (Å²) in [6.07, 6.45) is 7.94. The number of fused-ring (bicyclic) bond motifs is 1. The molecule has 2 fully saturated rings. The molecule has 3 aromatic rings. The van der Waals surface area contributed by atoms with E-state index in [0.29, 0.717) is 12.5 Å². The fourth-order valence-electron chi connectivity index (χ4n) is 4.69. The maximum Gasteiger partial charge on any atom is 0.225 e. The topological polar surface area (TPSA) is 91.0 Å². The predicted octanol–water partition coefficient (Wildman–Crippen LogP) is 3.05. The van der Waals surface area contributed by atoms with Gasteiger partial charge in [-0.1, -0.05) is 0 Å². The molecule has 0 bridgehead atoms. The molecule has 2 aliphatic rings. The number of hydrogen-bond acceptors (Lipinski definition) is 7. The predicted molar refractivity (Wildman–Crippen MR) is 123 cm³/mol. The molecule has 8 nitrogen and oxygen atoms in total. The molecule has 0 amide bonds. The minimum Gasteiger partial charge on any atom is -0.381 e. The summed E-state index contributed by atoms with van der Waals surface area (Å²) < 4.78 is 5.56. The Bertz CT molecular complexity index is 1040. The second kappa shape index (κ2) is 8.43. The molecular formula is C23H31N7O. The Hall–Kier alpha value is -2.71. The minimum absolute atomic E-state index is 0.0628. The van der Waals surface area contributed by atoms with Gasteiger partial charge in [0.15, 0.2) is 0 Å². The fraction of sp³-hybridized carbons (Fsp3) is 0.522. The van der Waals surface area contributed by atoms with Crippen LogP contribution in [0, 0.1) is 0 Å². The molecule has 2 saturated heterocycles. The van der Waals surface area contributed by atoms with Gasteiger partial charge in [0, 0.05) is 68.1 Å². The first-order valence-corrected chi connectivity index (χ1v) is 11.2. The van der Waals surface area contributed by atoms with Crippen LogP contribution >= 0.6 is 0 Å². The van der Waals surface area contributed by atoms with E-state index in [0.717, 1.165) is 68.7 Å². The SMILES string of the molecule is CC1(C)CN(c2nccc(CNc3ccnc4[nH]cc(C5CCOCC5)c34)n2)CCN1. The maximum absolute atomic E-state index is 5.56. The van der Waals surface area contributed by atoms with Crippen molar-refractivity contribution in [1.29, 1.82) is 0 Å². The minimum atomic E-state index is 0.0628. The molecule has 8 heteroatoms. The Balaban J connectivity index is 1.35. The summed E-state index contributed by atoms with van der Waals surface area (Å²) in [5.41, 5.74) is 4.40. The van der Waals surface area contributed by atoms with Crippen molar-refractivity contribution in [3.8, 4) is 0 Å². The number of hydrogen-bond donors (Lipinski definition) is 3. The molecule has 0 radical (unpaired) electrons. The highest BCUT2D eigenvalue weighted by atomic mass is 16.5. The number of aromatic nitrogens is 4. The summed E-state index contributed by atoms with van der Waals surface area (Å²) in [5.74, 6) is 1.31. The van der Waals surface area contributed by atoms with E-state index < -0.39 is 0 Å². The Labute approximate surface area is 182 Å². The number of piperazine rings is 1. The number of nitrogens with one attached hydrogen (secondary N) is 3. The molecule has 0 aromatic carbocycles. The largest absolute Gasteiger partial charge is 0.381 e. The lowest BCUT2D eigenvalue weighted by Gasteiger charge is -2.39. The fourth-order valence-corrected chi connectivity index (χ4v) is 4.69. The third-order valence-corrected chi connectivity index (χ3v) is 6.28. The second-order valence-corrected chi connectivity index (χ2v) is 9.15. The third kappa shape index (κ3) is 4.36. The van der Waals surface area contributed by atoms with E-state index in [1.54, 1.807) is 0 Å². The standard InChI is InChI=1S/C23H31N7O/c1-23(2)15-30(10-9-28-23)22-25-7-3-17(29-22)13-26-19-4-8-24-21-20(19)18(14-27-21)16-5-11-31-12-6-16/h3-4,7-8,14,16,28H,5-6,9-13,15H2,1-2H3,(H2,24,26,27). The van der Waals surface area contributed by atoms with Gasteiger partial charge in [0.2, 0.25) is 5.95 Å². The van der Waals surface area contributed by atoms with Crippen molar-refractivity contribution in [1.82, 2.24) is 25.3 Å². The van der Waals surface area contributed by atoms with Gasteiger partial charge in [-0.2, -0.15) is 0 Å². The molecule has 2 aliphatic heterocycles. The van der Waals surface area contributed by atoms with Gasteiger partial charge in [0.1, 0.15) is 5.65 Å². The molecule has 5 heterocycles. The van der Waals surface area contributed by atoms with E-state index in [4.69, 9.17) is 9.72 Å². The quantitative estimate of drug-likeness (QED) is 0.583. The molecule has 3 aromatic heterocycles. The van der Waals surface area contributed by atoms with Crippen molar-refractivity contribution in [2.24, 2.45) is 0 Å². The van der Waals surface area contributed by atoms with Crippen LogP contribution < -0.4 is 15.5 Å². The molecular weight excluding hydrogens is 390 g/mol. The van der Waals surface area contributed by atoms with E-state index in [1.807, 2.05) is 18.5 Å². The number of nitrogens with zero attached hydrogens (tertiary/aromatic N) is 4. The second-order valence-electron chi connectivity index (χ2n) is 9.15. The number of rotatable bonds is 5. The van der Waals surface area contributed by atoms with Gasteiger partial charge in [-0.15, -0.1) is 0 Å². The summed E-state index contributed by atoms with van der Waals surface area (Å²) in [5, 5.41) is 8.33. The van der Waals surface area contributed by atoms with Crippen LogP contribution in [0.3, 0.4) is 0 Å². The number of aromatic amines is 1. The number of anilines is 2. The van der Waals surface area contributed by atoms with Crippen LogP contribution in [-0.4, -0.2) is 58.3 Å². The average Bonchev–Trinajstić information content (AvgIpc) is 3.23. The maximum atomic E-state index is 5.56. The highest BCUT2D eigenvalue weighted by Gasteiger charge is 2.27. The lowest BCUT2D eigenvalue weighted by atomic mass is 9.91. The first-order valence-electron chi connectivity index (χ1n) is 11.2. The molecule has 5 rings (SSSR count). The summed E-state index contributed by atoms with van der Waals surface area (Å²) in [7, 11) is 0. The molecule has 31 heavy (non-hydrogen) atoms. The Morgan fingerprint density at radius 2 is 2.03 bits per heavy atom. The Morgan fingerprint density at radius 1 is 1.19 bits per heavy atom. The summed E-state index contributed by atoms with van der Waals surface area (Å²) in [6, 6.07) is 4.04. The normalized spacial score (nSPS) is 19.6. The van der Waals surface area contributed by atoms with E-state index in [9.17, 15) is 0 Å². The van der Waals surface area contributed by atoms with Gasteiger partial charge < -0.3 is 25.3 Å². The highest BCUT2D eigenvalue weighted by Crippen LogP contribution is 2.35. The Morgan fingerprint density at radius 3 is 2.87 bits per heavy atom. The smallest absolute Gasteiger partial charge is 0.225 e. The summed E-state index contributed by atoms with van der Waals surface area (Å²) in [4.78, 5) is 19.5. The van der Waals surface area contributed by atoms with Crippen molar-refractivity contribution in [2.75, 3.05) is 43.1 Å². The van der Waals surface area contributed by atoms with Crippen LogP contribution in [0.1, 0.15) is 43.9 Å². The van der Waals surface area contributed by atoms with Crippen molar-refractivity contribution < 1.29 is 4.74 Å². The molecule has 164 valence electrons. The average molecular weight is 422 g/mol. The molecule has 3 N–H and O–H groups in total. The molecule has 0 atom stereocenters. The molecule has 0 spiro atoms. The zero-order valence-corrected chi connectivity index (χ0v) is 18.3. The van der Waals surface area contributed by atoms with E-state index in [2.05, 4.69) is 56.6 Å². The zero-order chi connectivity index (χ0) is 21.3. The van der Waals surface area contributed by atoms with Crippen LogP contribution in [0.4, 0.5) is 11.6 Å². The lowest BCUT2D eigenvalue weighted by molar-refractivity contribution is 0.0856. The van der Waals surface area contributed by atoms with Crippen molar-refractivity contribution in [3.05, 3.63) is 42.0 Å². The van der Waals surface area contributed by atoms with Crippen LogP contribution in [0.25, 0.3) is 11.0 Å². The monoisotopic (exact) mass is 421 g/mol. The van der Waals surface area contributed by atoms with Gasteiger partial charge >= 0.3 is 0 Å². The van der Waals surface area contributed by atoms with Crippen LogP contribution in [0.2, 0.25) is 0 Å². The number of H-pyrrole nitrogens is 1. The molecule has 0 saturated carbocycles. The van der Waals surface area contributed by atoms with E-state index in [-0.39, 0.29) is 5.54 Å². The van der Waals surface area contributed by atoms with Crippen LogP contribution in [0.15, 0.2) is 30.7 Å². The first-order chi connectivity index (χ1) is 15.1. The summed E-state index contributed by atoms with van der Waals surface area (Å²) in [6.45, 7) is 9.48. The third-order valence-electron chi connectivity index (χ3n) is 6.28. The molecule has 0 aliphatic carbocycles. The van der Waals surface area contributed by atoms with E-state index in [1.165, 1.54) is 10.9 Å². The van der Waals surface area contributed by atoms with Crippen LogP contribution in [0.5, 0.6) is 0 Å². The lowest BCUT2D eigenvalue weighted by Crippen LogP contribution is -2.57. The van der Waals surface area contributed by atoms with Crippen molar-refractivity contribution >= 4 is 22.7 Å². The van der Waals surface area contributed by atoms with Gasteiger partial charge in [0.05, 0.1) is 12.2 Å². The highest BCUT2D eigenvalue weighted by molar-refractivity contribution is 5.92. The molecule has 0 unspecified atom stereocenters. The van der Waals surface area contributed by atoms with E-state index >= 15 is 0 Å². The van der Waals surface area contributed by atoms with Crippen LogP contribution in [-0.2, 0) is 11.3 Å².